The minimum Gasteiger partial charge on any atom is -0.507 e. The Bertz CT molecular complexity index is 1340. The number of rotatable bonds is 4. The third kappa shape index (κ3) is 4.46. The summed E-state index contributed by atoms with van der Waals surface area (Å²) in [5.74, 6) is -1.83. The van der Waals surface area contributed by atoms with Crippen LogP contribution in [0.2, 0.25) is 10.0 Å². The number of carbonyl (C=O) groups is 2. The standard InChI is InChI=1S/C27H24Cl2N4O3/c1-31-11-13-32(14-12-31)19-5-7-20(8-6-19)33-24(18-3-2-10-30-16-18)23(26(35)27(33)36)25(34)17-4-9-21(28)22(29)15-17/h2-10,15-16,24,34H,11-14H2,1H3/b25-23-. The molecule has 2 aliphatic heterocycles. The van der Waals surface area contributed by atoms with Crippen LogP contribution in [-0.2, 0) is 9.59 Å². The van der Waals surface area contributed by atoms with Crippen molar-refractivity contribution >= 4 is 52.0 Å². The fourth-order valence-corrected chi connectivity index (χ4v) is 4.94. The Kier molecular flexibility index (Phi) is 6.71. The Morgan fingerprint density at radius 2 is 1.64 bits per heavy atom. The fraction of sp³-hybridized carbons (Fsp3) is 0.222. The average Bonchev–Trinajstić information content (AvgIpc) is 3.16. The van der Waals surface area contributed by atoms with Gasteiger partial charge in [-0.1, -0.05) is 29.3 Å². The molecule has 0 bridgehead atoms. The van der Waals surface area contributed by atoms with E-state index in [4.69, 9.17) is 23.2 Å². The van der Waals surface area contributed by atoms with Gasteiger partial charge in [0.1, 0.15) is 5.76 Å². The number of Topliss-reactive ketones (excluding diaryl/α,β-unsaturated/α-hetero) is 1. The van der Waals surface area contributed by atoms with Crippen molar-refractivity contribution in [3.05, 3.63) is 93.7 Å². The van der Waals surface area contributed by atoms with Gasteiger partial charge in [0, 0.05) is 55.5 Å². The van der Waals surface area contributed by atoms with Crippen LogP contribution in [0.15, 0.2) is 72.6 Å². The Balaban J connectivity index is 1.57. The van der Waals surface area contributed by atoms with E-state index in [-0.39, 0.29) is 16.4 Å². The van der Waals surface area contributed by atoms with Gasteiger partial charge in [0.25, 0.3) is 11.7 Å². The van der Waals surface area contributed by atoms with Gasteiger partial charge in [0.2, 0.25) is 0 Å². The molecule has 1 aromatic heterocycles. The maximum atomic E-state index is 13.3. The SMILES string of the molecule is CN1CCN(c2ccc(N3C(=O)C(=O)/C(=C(\O)c4ccc(Cl)c(Cl)c4)C3c3cccnc3)cc2)CC1. The lowest BCUT2D eigenvalue weighted by Gasteiger charge is -2.34. The Labute approximate surface area is 219 Å². The van der Waals surface area contributed by atoms with Crippen molar-refractivity contribution in [2.75, 3.05) is 43.0 Å². The molecule has 1 N–H and O–H groups in total. The topological polar surface area (TPSA) is 77.0 Å². The van der Waals surface area contributed by atoms with Crippen molar-refractivity contribution in [3.63, 3.8) is 0 Å². The summed E-state index contributed by atoms with van der Waals surface area (Å²) >= 11 is 12.2. The average molecular weight is 523 g/mol. The molecule has 0 spiro atoms. The molecule has 3 aromatic rings. The number of aliphatic hydroxyl groups excluding tert-OH is 1. The van der Waals surface area contributed by atoms with E-state index in [0.29, 0.717) is 21.8 Å². The summed E-state index contributed by atoms with van der Waals surface area (Å²) in [6.07, 6.45) is 3.20. The zero-order chi connectivity index (χ0) is 25.4. The second-order valence-electron chi connectivity index (χ2n) is 8.89. The van der Waals surface area contributed by atoms with E-state index in [1.54, 1.807) is 30.6 Å². The summed E-state index contributed by atoms with van der Waals surface area (Å²) in [6.45, 7) is 3.79. The number of hydrogen-bond acceptors (Lipinski definition) is 6. The summed E-state index contributed by atoms with van der Waals surface area (Å²) in [7, 11) is 2.10. The quantitative estimate of drug-likeness (QED) is 0.302. The summed E-state index contributed by atoms with van der Waals surface area (Å²) in [6, 6.07) is 14.8. The molecule has 1 amide bonds. The van der Waals surface area contributed by atoms with Crippen LogP contribution in [-0.4, -0.2) is 59.9 Å². The highest BCUT2D eigenvalue weighted by Gasteiger charge is 2.47. The van der Waals surface area contributed by atoms with Crippen molar-refractivity contribution in [2.45, 2.75) is 6.04 Å². The number of hydrogen-bond donors (Lipinski definition) is 1. The molecule has 9 heteroatoms. The van der Waals surface area contributed by atoms with Crippen LogP contribution in [0.5, 0.6) is 0 Å². The lowest BCUT2D eigenvalue weighted by molar-refractivity contribution is -0.132. The van der Waals surface area contributed by atoms with Gasteiger partial charge in [-0.3, -0.25) is 19.5 Å². The predicted octanol–water partition coefficient (Wildman–Crippen LogP) is 4.77. The fourth-order valence-electron chi connectivity index (χ4n) is 4.64. The smallest absolute Gasteiger partial charge is 0.300 e. The van der Waals surface area contributed by atoms with E-state index in [0.717, 1.165) is 31.9 Å². The van der Waals surface area contributed by atoms with Gasteiger partial charge in [0.05, 0.1) is 21.7 Å². The lowest BCUT2D eigenvalue weighted by atomic mass is 9.96. The number of aromatic nitrogens is 1. The molecule has 2 saturated heterocycles. The molecule has 3 heterocycles. The van der Waals surface area contributed by atoms with E-state index in [2.05, 4.69) is 21.8 Å². The van der Waals surface area contributed by atoms with E-state index in [1.165, 1.54) is 17.0 Å². The lowest BCUT2D eigenvalue weighted by Crippen LogP contribution is -2.44. The van der Waals surface area contributed by atoms with Gasteiger partial charge in [0.15, 0.2) is 0 Å². The van der Waals surface area contributed by atoms with Crippen molar-refractivity contribution in [3.8, 4) is 0 Å². The molecule has 7 nitrogen and oxygen atoms in total. The highest BCUT2D eigenvalue weighted by molar-refractivity contribution is 6.51. The molecular weight excluding hydrogens is 499 g/mol. The number of benzene rings is 2. The van der Waals surface area contributed by atoms with Crippen molar-refractivity contribution < 1.29 is 14.7 Å². The highest BCUT2D eigenvalue weighted by atomic mass is 35.5. The van der Waals surface area contributed by atoms with E-state index >= 15 is 0 Å². The highest BCUT2D eigenvalue weighted by Crippen LogP contribution is 2.42. The Morgan fingerprint density at radius 3 is 2.28 bits per heavy atom. The van der Waals surface area contributed by atoms with Crippen molar-refractivity contribution in [1.29, 1.82) is 0 Å². The Morgan fingerprint density at radius 1 is 0.944 bits per heavy atom. The minimum atomic E-state index is -0.859. The molecule has 2 aliphatic rings. The molecule has 1 atom stereocenters. The molecule has 0 saturated carbocycles. The number of halogens is 2. The number of pyridine rings is 1. The first-order valence-corrected chi connectivity index (χ1v) is 12.3. The molecule has 2 fully saturated rings. The van der Waals surface area contributed by atoms with Gasteiger partial charge in [-0.15, -0.1) is 0 Å². The molecular formula is C27H24Cl2N4O3. The third-order valence-electron chi connectivity index (χ3n) is 6.63. The largest absolute Gasteiger partial charge is 0.507 e. The molecule has 0 radical (unpaired) electrons. The first-order valence-electron chi connectivity index (χ1n) is 11.5. The normalized spacial score (nSPS) is 20.2. The maximum Gasteiger partial charge on any atom is 0.300 e. The van der Waals surface area contributed by atoms with Gasteiger partial charge in [-0.2, -0.15) is 0 Å². The number of ketones is 1. The van der Waals surface area contributed by atoms with Crippen LogP contribution in [0, 0.1) is 0 Å². The van der Waals surface area contributed by atoms with Gasteiger partial charge in [-0.05, 0) is 61.1 Å². The number of carbonyl (C=O) groups excluding carboxylic acids is 2. The number of piperazine rings is 1. The maximum absolute atomic E-state index is 13.3. The summed E-state index contributed by atoms with van der Waals surface area (Å²) in [5, 5.41) is 11.7. The monoisotopic (exact) mass is 522 g/mol. The number of anilines is 2. The molecule has 184 valence electrons. The zero-order valence-corrected chi connectivity index (χ0v) is 21.1. The second-order valence-corrected chi connectivity index (χ2v) is 9.71. The third-order valence-corrected chi connectivity index (χ3v) is 7.37. The van der Waals surface area contributed by atoms with Gasteiger partial charge < -0.3 is 14.9 Å². The van der Waals surface area contributed by atoms with Crippen LogP contribution in [0.1, 0.15) is 17.2 Å². The van der Waals surface area contributed by atoms with Crippen LogP contribution in [0.25, 0.3) is 5.76 Å². The predicted molar refractivity (Wildman–Crippen MR) is 142 cm³/mol. The number of likely N-dealkylation sites (N-methyl/N-ethyl adjacent to an activating group) is 1. The van der Waals surface area contributed by atoms with Crippen LogP contribution in [0.4, 0.5) is 11.4 Å². The molecule has 0 aliphatic carbocycles. The van der Waals surface area contributed by atoms with Crippen molar-refractivity contribution in [2.24, 2.45) is 0 Å². The van der Waals surface area contributed by atoms with Crippen LogP contribution < -0.4 is 9.80 Å². The summed E-state index contributed by atoms with van der Waals surface area (Å²) < 4.78 is 0. The van der Waals surface area contributed by atoms with Crippen molar-refractivity contribution in [1.82, 2.24) is 9.88 Å². The van der Waals surface area contributed by atoms with E-state index < -0.39 is 17.7 Å². The van der Waals surface area contributed by atoms with E-state index in [9.17, 15) is 14.7 Å². The zero-order valence-electron chi connectivity index (χ0n) is 19.6. The van der Waals surface area contributed by atoms with Gasteiger partial charge in [-0.25, -0.2) is 0 Å². The minimum absolute atomic E-state index is 0.0328. The summed E-state index contributed by atoms with van der Waals surface area (Å²) in [4.78, 5) is 36.8. The van der Waals surface area contributed by atoms with Gasteiger partial charge >= 0.3 is 0 Å². The number of nitrogens with zero attached hydrogens (tertiary/aromatic N) is 4. The second kappa shape index (κ2) is 9.93. The number of amides is 1. The first-order chi connectivity index (χ1) is 17.3. The van der Waals surface area contributed by atoms with Crippen LogP contribution in [0.3, 0.4) is 0 Å². The molecule has 5 rings (SSSR count). The molecule has 1 unspecified atom stereocenters. The first kappa shape index (κ1) is 24.3. The van der Waals surface area contributed by atoms with E-state index in [1.807, 2.05) is 24.3 Å². The van der Waals surface area contributed by atoms with Crippen LogP contribution >= 0.6 is 23.2 Å². The molecule has 36 heavy (non-hydrogen) atoms. The Hall–Kier alpha value is -3.39. The number of aliphatic hydroxyl groups is 1. The molecule has 2 aromatic carbocycles. The summed E-state index contributed by atoms with van der Waals surface area (Å²) in [5.41, 5.74) is 2.46.